The summed E-state index contributed by atoms with van der Waals surface area (Å²) >= 11 is 3.39. The van der Waals surface area contributed by atoms with E-state index in [-0.39, 0.29) is 5.54 Å². The minimum Gasteiger partial charge on any atom is -0.379 e. The molecule has 1 atom stereocenters. The highest BCUT2D eigenvalue weighted by atomic mass is 79.9. The summed E-state index contributed by atoms with van der Waals surface area (Å²) in [5, 5.41) is 0.816. The highest BCUT2D eigenvalue weighted by molar-refractivity contribution is 9.08. The third-order valence-electron chi connectivity index (χ3n) is 2.59. The van der Waals surface area contributed by atoms with Gasteiger partial charge in [0.25, 0.3) is 0 Å². The molecule has 13 heavy (non-hydrogen) atoms. The topological polar surface area (TPSA) is 27.1 Å². The van der Waals surface area contributed by atoms with Gasteiger partial charge in [0, 0.05) is 18.1 Å². The maximum Gasteiger partial charge on any atom is 0.0955 e. The molecule has 0 saturated carbocycles. The first-order valence-electron chi connectivity index (χ1n) is 4.42. The molecule has 1 aromatic heterocycles. The first-order valence-corrected chi connectivity index (χ1v) is 5.54. The lowest BCUT2D eigenvalue weighted by Gasteiger charge is -2.23. The second-order valence-corrected chi connectivity index (χ2v) is 4.27. The van der Waals surface area contributed by atoms with Crippen molar-refractivity contribution in [1.29, 1.82) is 0 Å². The zero-order valence-electron chi connectivity index (χ0n) is 7.66. The lowest BCUT2D eigenvalue weighted by atomic mass is 10.0. The molecule has 0 N–H and O–H groups in total. The van der Waals surface area contributed by atoms with Gasteiger partial charge in [0.2, 0.25) is 0 Å². The number of halogens is 1. The number of ether oxygens (including phenoxy) is 1. The molecular formula is C9H13BrN2O. The lowest BCUT2D eigenvalue weighted by molar-refractivity contribution is 0.161. The standard InChI is InChI=1S/C9H13BrN2O/c1-9(2-3-13-6-9)12-5-8(4-10)11-7-12/h5,7H,2-4,6H2,1H3. The molecule has 0 aromatic carbocycles. The van der Waals surface area contributed by atoms with Crippen LogP contribution in [0, 0.1) is 0 Å². The summed E-state index contributed by atoms with van der Waals surface area (Å²) in [5.74, 6) is 0. The fourth-order valence-electron chi connectivity index (χ4n) is 1.59. The molecule has 0 aliphatic carbocycles. The fraction of sp³-hybridized carbons (Fsp3) is 0.667. The van der Waals surface area contributed by atoms with Crippen molar-refractivity contribution in [3.63, 3.8) is 0 Å². The zero-order chi connectivity index (χ0) is 9.31. The molecule has 1 aromatic rings. The molecule has 0 radical (unpaired) electrons. The van der Waals surface area contributed by atoms with E-state index < -0.39 is 0 Å². The maximum atomic E-state index is 5.40. The molecule has 3 nitrogen and oxygen atoms in total. The molecule has 1 aliphatic heterocycles. The fourth-order valence-corrected chi connectivity index (χ4v) is 1.88. The van der Waals surface area contributed by atoms with Crippen LogP contribution in [0.5, 0.6) is 0 Å². The van der Waals surface area contributed by atoms with Crippen LogP contribution in [0.3, 0.4) is 0 Å². The van der Waals surface area contributed by atoms with E-state index >= 15 is 0 Å². The Balaban J connectivity index is 2.23. The Hall–Kier alpha value is -0.350. The van der Waals surface area contributed by atoms with Gasteiger partial charge in [0.15, 0.2) is 0 Å². The van der Waals surface area contributed by atoms with Crippen LogP contribution in [0.25, 0.3) is 0 Å². The van der Waals surface area contributed by atoms with Crippen LogP contribution in [0.2, 0.25) is 0 Å². The van der Waals surface area contributed by atoms with Gasteiger partial charge < -0.3 is 9.30 Å². The predicted octanol–water partition coefficient (Wildman–Crippen LogP) is 1.91. The van der Waals surface area contributed by atoms with Gasteiger partial charge in [-0.3, -0.25) is 0 Å². The van der Waals surface area contributed by atoms with E-state index in [1.54, 1.807) is 0 Å². The van der Waals surface area contributed by atoms with Gasteiger partial charge in [-0.1, -0.05) is 15.9 Å². The summed E-state index contributed by atoms with van der Waals surface area (Å²) in [6, 6.07) is 0. The van der Waals surface area contributed by atoms with E-state index in [0.29, 0.717) is 0 Å². The quantitative estimate of drug-likeness (QED) is 0.744. The van der Waals surface area contributed by atoms with Gasteiger partial charge in [-0.15, -0.1) is 0 Å². The van der Waals surface area contributed by atoms with Crippen molar-refractivity contribution in [1.82, 2.24) is 9.55 Å². The summed E-state index contributed by atoms with van der Waals surface area (Å²) < 4.78 is 7.56. The largest absolute Gasteiger partial charge is 0.379 e. The zero-order valence-corrected chi connectivity index (χ0v) is 9.25. The molecule has 0 bridgehead atoms. The monoisotopic (exact) mass is 244 g/mol. The summed E-state index contributed by atoms with van der Waals surface area (Å²) in [6.07, 6.45) is 5.06. The molecule has 1 fully saturated rings. The van der Waals surface area contributed by atoms with Crippen molar-refractivity contribution >= 4 is 15.9 Å². The van der Waals surface area contributed by atoms with Crippen molar-refractivity contribution in [2.24, 2.45) is 0 Å². The average molecular weight is 245 g/mol. The molecule has 0 amide bonds. The van der Waals surface area contributed by atoms with E-state index in [9.17, 15) is 0 Å². The molecular weight excluding hydrogens is 232 g/mol. The van der Waals surface area contributed by atoms with Crippen molar-refractivity contribution in [2.75, 3.05) is 13.2 Å². The molecule has 2 heterocycles. The molecule has 1 unspecified atom stereocenters. The molecule has 1 saturated heterocycles. The lowest BCUT2D eigenvalue weighted by Crippen LogP contribution is -2.28. The van der Waals surface area contributed by atoms with Gasteiger partial charge in [0.1, 0.15) is 0 Å². The van der Waals surface area contributed by atoms with Crippen LogP contribution < -0.4 is 0 Å². The number of nitrogens with zero attached hydrogens (tertiary/aromatic N) is 2. The van der Waals surface area contributed by atoms with Crippen LogP contribution in [0.4, 0.5) is 0 Å². The SMILES string of the molecule is CC1(n2cnc(CBr)c2)CCOC1. The molecule has 0 spiro atoms. The minimum atomic E-state index is 0.118. The average Bonchev–Trinajstić information content (AvgIpc) is 2.72. The number of hydrogen-bond donors (Lipinski definition) is 0. The molecule has 2 rings (SSSR count). The first-order chi connectivity index (χ1) is 6.24. The van der Waals surface area contributed by atoms with E-state index in [1.807, 2.05) is 6.33 Å². The Kier molecular flexibility index (Phi) is 2.43. The van der Waals surface area contributed by atoms with Gasteiger partial charge in [-0.05, 0) is 13.3 Å². The predicted molar refractivity (Wildman–Crippen MR) is 53.9 cm³/mol. The summed E-state index contributed by atoms with van der Waals surface area (Å²) in [7, 11) is 0. The third kappa shape index (κ3) is 1.65. The van der Waals surface area contributed by atoms with E-state index in [1.165, 1.54) is 0 Å². The second kappa shape index (κ2) is 3.42. The molecule has 72 valence electrons. The summed E-state index contributed by atoms with van der Waals surface area (Å²) in [4.78, 5) is 4.28. The Bertz CT molecular complexity index is 292. The van der Waals surface area contributed by atoms with Gasteiger partial charge in [-0.25, -0.2) is 4.98 Å². The summed E-state index contributed by atoms with van der Waals surface area (Å²) in [5.41, 5.74) is 1.20. The van der Waals surface area contributed by atoms with Crippen LogP contribution in [0.15, 0.2) is 12.5 Å². The van der Waals surface area contributed by atoms with Crippen molar-refractivity contribution in [3.8, 4) is 0 Å². The van der Waals surface area contributed by atoms with Crippen LogP contribution >= 0.6 is 15.9 Å². The van der Waals surface area contributed by atoms with Gasteiger partial charge >= 0.3 is 0 Å². The minimum absolute atomic E-state index is 0.118. The van der Waals surface area contributed by atoms with Crippen molar-refractivity contribution < 1.29 is 4.74 Å². The molecule has 4 heteroatoms. The third-order valence-corrected chi connectivity index (χ3v) is 3.17. The Morgan fingerprint density at radius 2 is 2.62 bits per heavy atom. The van der Waals surface area contributed by atoms with Crippen LogP contribution in [-0.4, -0.2) is 22.8 Å². The Morgan fingerprint density at radius 3 is 3.15 bits per heavy atom. The number of alkyl halides is 1. The highest BCUT2D eigenvalue weighted by Crippen LogP contribution is 2.26. The van der Waals surface area contributed by atoms with Gasteiger partial charge in [-0.2, -0.15) is 0 Å². The van der Waals surface area contributed by atoms with Crippen LogP contribution in [0.1, 0.15) is 19.0 Å². The highest BCUT2D eigenvalue weighted by Gasteiger charge is 2.31. The Morgan fingerprint density at radius 1 is 1.77 bits per heavy atom. The number of aromatic nitrogens is 2. The number of imidazole rings is 1. The van der Waals surface area contributed by atoms with E-state index in [4.69, 9.17) is 4.74 Å². The number of hydrogen-bond acceptors (Lipinski definition) is 2. The van der Waals surface area contributed by atoms with Crippen molar-refractivity contribution in [2.45, 2.75) is 24.2 Å². The number of rotatable bonds is 2. The second-order valence-electron chi connectivity index (χ2n) is 3.71. The Labute approximate surface area is 86.2 Å². The van der Waals surface area contributed by atoms with E-state index in [0.717, 1.165) is 30.7 Å². The summed E-state index contributed by atoms with van der Waals surface area (Å²) in [6.45, 7) is 3.86. The normalized spacial score (nSPS) is 28.2. The van der Waals surface area contributed by atoms with Crippen LogP contribution in [-0.2, 0) is 15.6 Å². The molecule has 1 aliphatic rings. The smallest absolute Gasteiger partial charge is 0.0955 e. The maximum absolute atomic E-state index is 5.40. The van der Waals surface area contributed by atoms with Gasteiger partial charge in [0.05, 0.1) is 24.2 Å². The van der Waals surface area contributed by atoms with Crippen molar-refractivity contribution in [3.05, 3.63) is 18.2 Å². The van der Waals surface area contributed by atoms with E-state index in [2.05, 4.69) is 38.6 Å². The first kappa shape index (κ1) is 9.21.